The van der Waals surface area contributed by atoms with Crippen LogP contribution in [0.3, 0.4) is 0 Å². The Labute approximate surface area is 171 Å². The molecule has 0 aliphatic rings. The summed E-state index contributed by atoms with van der Waals surface area (Å²) >= 11 is 0. The van der Waals surface area contributed by atoms with Gasteiger partial charge in [-0.2, -0.15) is 0 Å². The van der Waals surface area contributed by atoms with Gasteiger partial charge in [-0.1, -0.05) is 29.8 Å². The van der Waals surface area contributed by atoms with E-state index in [4.69, 9.17) is 14.5 Å². The molecule has 0 fully saturated rings. The number of amides is 1. The Morgan fingerprint density at radius 1 is 1.10 bits per heavy atom. The van der Waals surface area contributed by atoms with Gasteiger partial charge in [0, 0.05) is 13.0 Å². The third kappa shape index (κ3) is 5.98. The average Bonchev–Trinajstić information content (AvgIpc) is 2.99. The first-order chi connectivity index (χ1) is 13.8. The largest absolute Gasteiger partial charge is 0.492 e. The second kappa shape index (κ2) is 8.99. The van der Waals surface area contributed by atoms with Gasteiger partial charge in [-0.15, -0.1) is 0 Å². The van der Waals surface area contributed by atoms with Gasteiger partial charge in [0.15, 0.2) is 0 Å². The lowest BCUT2D eigenvalue weighted by atomic mass is 10.2. The van der Waals surface area contributed by atoms with Gasteiger partial charge in [-0.3, -0.25) is 0 Å². The third-order valence-electron chi connectivity index (χ3n) is 4.36. The minimum Gasteiger partial charge on any atom is -0.492 e. The topological polar surface area (TPSA) is 65.4 Å². The van der Waals surface area contributed by atoms with Crippen LogP contribution in [-0.2, 0) is 17.7 Å². The normalized spacial score (nSPS) is 11.4. The van der Waals surface area contributed by atoms with Gasteiger partial charge in [-0.05, 0) is 52.0 Å². The number of imidazole rings is 1. The van der Waals surface area contributed by atoms with Crippen LogP contribution in [0.15, 0.2) is 48.5 Å². The Morgan fingerprint density at radius 2 is 1.83 bits per heavy atom. The molecule has 29 heavy (non-hydrogen) atoms. The molecule has 0 saturated heterocycles. The van der Waals surface area contributed by atoms with E-state index in [2.05, 4.69) is 22.9 Å². The molecule has 0 aliphatic heterocycles. The first kappa shape index (κ1) is 20.7. The maximum absolute atomic E-state index is 11.9. The second-order valence-electron chi connectivity index (χ2n) is 8.01. The van der Waals surface area contributed by atoms with E-state index in [0.29, 0.717) is 26.1 Å². The first-order valence-corrected chi connectivity index (χ1v) is 9.92. The summed E-state index contributed by atoms with van der Waals surface area (Å²) < 4.78 is 13.3. The molecule has 1 amide bonds. The number of alkyl carbamates (subject to hydrolysis) is 1. The summed E-state index contributed by atoms with van der Waals surface area (Å²) in [6, 6.07) is 16.1. The van der Waals surface area contributed by atoms with Crippen molar-refractivity contribution < 1.29 is 14.3 Å². The summed E-state index contributed by atoms with van der Waals surface area (Å²) in [4.78, 5) is 16.6. The molecule has 0 atom stereocenters. The number of aromatic nitrogens is 2. The molecular formula is C23H29N3O3. The summed E-state index contributed by atoms with van der Waals surface area (Å²) in [5.41, 5.74) is 2.70. The van der Waals surface area contributed by atoms with Gasteiger partial charge in [0.25, 0.3) is 0 Å². The molecule has 2 aromatic carbocycles. The molecule has 0 radical (unpaired) electrons. The van der Waals surface area contributed by atoms with Crippen molar-refractivity contribution in [1.82, 2.24) is 14.9 Å². The van der Waals surface area contributed by atoms with Crippen molar-refractivity contribution in [3.63, 3.8) is 0 Å². The molecule has 6 heteroatoms. The average molecular weight is 396 g/mol. The van der Waals surface area contributed by atoms with Crippen LogP contribution in [0.2, 0.25) is 0 Å². The number of fused-ring (bicyclic) bond motifs is 1. The zero-order chi connectivity index (χ0) is 20.9. The van der Waals surface area contributed by atoms with Crippen LogP contribution in [0, 0.1) is 6.92 Å². The lowest BCUT2D eigenvalue weighted by molar-refractivity contribution is 0.0528. The monoisotopic (exact) mass is 395 g/mol. The Kier molecular flexibility index (Phi) is 6.42. The highest BCUT2D eigenvalue weighted by Crippen LogP contribution is 2.17. The molecule has 1 N–H and O–H groups in total. The van der Waals surface area contributed by atoms with E-state index in [1.807, 2.05) is 63.2 Å². The highest BCUT2D eigenvalue weighted by molar-refractivity contribution is 5.76. The summed E-state index contributed by atoms with van der Waals surface area (Å²) in [5.74, 6) is 1.77. The smallest absolute Gasteiger partial charge is 0.407 e. The highest BCUT2D eigenvalue weighted by Gasteiger charge is 2.16. The van der Waals surface area contributed by atoms with E-state index in [-0.39, 0.29) is 0 Å². The van der Waals surface area contributed by atoms with Crippen molar-refractivity contribution in [2.24, 2.45) is 0 Å². The van der Waals surface area contributed by atoms with Crippen molar-refractivity contribution in [3.05, 3.63) is 59.9 Å². The molecule has 0 aliphatic carbocycles. The second-order valence-corrected chi connectivity index (χ2v) is 8.01. The molecule has 0 bridgehead atoms. The molecule has 154 valence electrons. The maximum atomic E-state index is 11.9. The molecule has 0 spiro atoms. The van der Waals surface area contributed by atoms with Crippen molar-refractivity contribution in [3.8, 4) is 5.75 Å². The lowest BCUT2D eigenvalue weighted by Crippen LogP contribution is -2.33. The number of hydrogen-bond donors (Lipinski definition) is 1. The van der Waals surface area contributed by atoms with Gasteiger partial charge >= 0.3 is 6.09 Å². The Bertz CT molecular complexity index is 956. The number of nitrogens with one attached hydrogen (secondary N) is 1. The summed E-state index contributed by atoms with van der Waals surface area (Å²) in [6.45, 7) is 9.27. The van der Waals surface area contributed by atoms with E-state index >= 15 is 0 Å². The number of rotatable bonds is 7. The van der Waals surface area contributed by atoms with E-state index in [1.54, 1.807) is 0 Å². The minimum absolute atomic E-state index is 0.414. The predicted octanol–water partition coefficient (Wildman–Crippen LogP) is 4.49. The van der Waals surface area contributed by atoms with Crippen LogP contribution in [0.4, 0.5) is 4.79 Å². The number of benzene rings is 2. The first-order valence-electron chi connectivity index (χ1n) is 9.92. The standard InChI is InChI=1S/C23H29N3O3/c1-17-9-11-18(12-10-17)28-16-15-26-20-8-6-5-7-19(20)25-21(26)13-14-24-22(27)29-23(2,3)4/h5-12H,13-16H2,1-4H3,(H,24,27). The summed E-state index contributed by atoms with van der Waals surface area (Å²) in [5, 5.41) is 2.80. The zero-order valence-corrected chi connectivity index (χ0v) is 17.6. The number of nitrogens with zero attached hydrogens (tertiary/aromatic N) is 2. The van der Waals surface area contributed by atoms with Crippen LogP contribution in [0.5, 0.6) is 5.75 Å². The Morgan fingerprint density at radius 3 is 2.55 bits per heavy atom. The van der Waals surface area contributed by atoms with Crippen molar-refractivity contribution in [2.45, 2.75) is 46.3 Å². The molecule has 3 rings (SSSR count). The van der Waals surface area contributed by atoms with E-state index < -0.39 is 11.7 Å². The van der Waals surface area contributed by atoms with Crippen molar-refractivity contribution >= 4 is 17.1 Å². The SMILES string of the molecule is Cc1ccc(OCCn2c(CCNC(=O)OC(C)(C)C)nc3ccccc32)cc1. The van der Waals surface area contributed by atoms with Crippen LogP contribution < -0.4 is 10.1 Å². The Balaban J connectivity index is 1.64. The molecule has 0 unspecified atom stereocenters. The molecular weight excluding hydrogens is 366 g/mol. The molecule has 1 aromatic heterocycles. The van der Waals surface area contributed by atoms with E-state index in [1.165, 1.54) is 5.56 Å². The van der Waals surface area contributed by atoms with Gasteiger partial charge < -0.3 is 19.4 Å². The predicted molar refractivity (Wildman–Crippen MR) is 114 cm³/mol. The fourth-order valence-electron chi connectivity index (χ4n) is 3.05. The fourth-order valence-corrected chi connectivity index (χ4v) is 3.05. The van der Waals surface area contributed by atoms with Crippen LogP contribution in [0.25, 0.3) is 11.0 Å². The fraction of sp³-hybridized carbons (Fsp3) is 0.391. The molecule has 3 aromatic rings. The number of carbonyl (C=O) groups is 1. The van der Waals surface area contributed by atoms with E-state index in [0.717, 1.165) is 22.6 Å². The number of hydrogen-bond acceptors (Lipinski definition) is 4. The molecule has 6 nitrogen and oxygen atoms in total. The van der Waals surface area contributed by atoms with Gasteiger partial charge in [0.1, 0.15) is 23.8 Å². The summed E-state index contributed by atoms with van der Waals surface area (Å²) in [6.07, 6.45) is 0.196. The highest BCUT2D eigenvalue weighted by atomic mass is 16.6. The van der Waals surface area contributed by atoms with Gasteiger partial charge in [0.2, 0.25) is 0 Å². The lowest BCUT2D eigenvalue weighted by Gasteiger charge is -2.19. The summed E-state index contributed by atoms with van der Waals surface area (Å²) in [7, 11) is 0. The van der Waals surface area contributed by atoms with Crippen LogP contribution in [-0.4, -0.2) is 34.4 Å². The zero-order valence-electron chi connectivity index (χ0n) is 17.6. The number of para-hydroxylation sites is 2. The van der Waals surface area contributed by atoms with Crippen LogP contribution >= 0.6 is 0 Å². The Hall–Kier alpha value is -3.02. The van der Waals surface area contributed by atoms with Gasteiger partial charge in [0.05, 0.1) is 17.6 Å². The van der Waals surface area contributed by atoms with Crippen molar-refractivity contribution in [1.29, 1.82) is 0 Å². The third-order valence-corrected chi connectivity index (χ3v) is 4.36. The van der Waals surface area contributed by atoms with Crippen LogP contribution in [0.1, 0.15) is 32.2 Å². The number of aryl methyl sites for hydroxylation is 1. The minimum atomic E-state index is -0.509. The van der Waals surface area contributed by atoms with E-state index in [9.17, 15) is 4.79 Å². The number of carbonyl (C=O) groups excluding carboxylic acids is 1. The van der Waals surface area contributed by atoms with Gasteiger partial charge in [-0.25, -0.2) is 9.78 Å². The maximum Gasteiger partial charge on any atom is 0.407 e. The number of ether oxygens (including phenoxy) is 2. The molecule has 1 heterocycles. The quantitative estimate of drug-likeness (QED) is 0.640. The van der Waals surface area contributed by atoms with Crippen molar-refractivity contribution in [2.75, 3.05) is 13.2 Å². The molecule has 0 saturated carbocycles.